The Morgan fingerprint density at radius 2 is 1.57 bits per heavy atom. The zero-order chi connectivity index (χ0) is 26.2. The quantitative estimate of drug-likeness (QED) is 0.155. The minimum atomic E-state index is -0.807. The minimum absolute atomic E-state index is 0.0189. The molecule has 0 atom stereocenters. The van der Waals surface area contributed by atoms with E-state index in [-0.39, 0.29) is 23.3 Å². The van der Waals surface area contributed by atoms with Crippen LogP contribution < -0.4 is 4.74 Å². The highest BCUT2D eigenvalue weighted by Gasteiger charge is 2.26. The molecule has 5 heteroatoms. The zero-order valence-corrected chi connectivity index (χ0v) is 21.2. The maximum atomic E-state index is 15.1. The predicted molar refractivity (Wildman–Crippen MR) is 144 cm³/mol. The number of hydrogen-bond acceptors (Lipinski definition) is 2. The molecule has 0 spiro atoms. The lowest BCUT2D eigenvalue weighted by Crippen LogP contribution is -2.21. The fourth-order valence-electron chi connectivity index (χ4n) is 4.84. The summed E-state index contributed by atoms with van der Waals surface area (Å²) >= 11 is 0. The third kappa shape index (κ3) is 6.72. The van der Waals surface area contributed by atoms with Crippen molar-refractivity contribution in [2.24, 2.45) is 0 Å². The second kappa shape index (κ2) is 12.8. The molecule has 0 heterocycles. The molecule has 0 saturated heterocycles. The zero-order valence-electron chi connectivity index (χ0n) is 21.2. The molecular formula is C32H33F3O2. The van der Waals surface area contributed by atoms with Gasteiger partial charge >= 0.3 is 0 Å². The van der Waals surface area contributed by atoms with Gasteiger partial charge in [0.2, 0.25) is 0 Å². The Balaban J connectivity index is 1.42. The summed E-state index contributed by atoms with van der Waals surface area (Å²) in [5.74, 6) is -1.75. The van der Waals surface area contributed by atoms with Gasteiger partial charge in [0, 0.05) is 12.2 Å². The van der Waals surface area contributed by atoms with Gasteiger partial charge in [0.15, 0.2) is 23.2 Å². The normalized spacial score (nSPS) is 17.7. The molecule has 3 aromatic carbocycles. The van der Waals surface area contributed by atoms with Gasteiger partial charge in [-0.3, -0.25) is 0 Å². The first-order valence-corrected chi connectivity index (χ1v) is 12.9. The van der Waals surface area contributed by atoms with Crippen LogP contribution >= 0.6 is 0 Å². The van der Waals surface area contributed by atoms with Crippen LogP contribution in [0.3, 0.4) is 0 Å². The van der Waals surface area contributed by atoms with E-state index in [0.29, 0.717) is 36.3 Å². The van der Waals surface area contributed by atoms with Crippen molar-refractivity contribution in [3.05, 3.63) is 101 Å². The van der Waals surface area contributed by atoms with E-state index in [1.54, 1.807) is 48.6 Å². The van der Waals surface area contributed by atoms with Crippen molar-refractivity contribution < 1.29 is 22.6 Å². The van der Waals surface area contributed by atoms with Crippen LogP contribution in [0, 0.1) is 17.5 Å². The molecule has 3 aromatic rings. The van der Waals surface area contributed by atoms with Crippen LogP contribution in [0.15, 0.2) is 67.3 Å². The maximum absolute atomic E-state index is 15.1. The van der Waals surface area contributed by atoms with Crippen LogP contribution in [-0.2, 0) is 4.74 Å². The molecule has 1 saturated carbocycles. The van der Waals surface area contributed by atoms with E-state index in [9.17, 15) is 4.39 Å². The topological polar surface area (TPSA) is 18.5 Å². The second-order valence-corrected chi connectivity index (χ2v) is 9.33. The second-order valence-electron chi connectivity index (χ2n) is 9.33. The summed E-state index contributed by atoms with van der Waals surface area (Å²) in [6.07, 6.45) is 9.57. The largest absolute Gasteiger partial charge is 0.490 e. The summed E-state index contributed by atoms with van der Waals surface area (Å²) in [4.78, 5) is 0. The van der Waals surface area contributed by atoms with Gasteiger partial charge in [-0.05, 0) is 79.3 Å². The SMILES string of the molecule is C=CCCOc1ccc(/C=C/c2ccc(-c3ccc(C4CCC(OCC)CC4)c(F)c3F)cc2)cc1F. The van der Waals surface area contributed by atoms with Crippen molar-refractivity contribution in [3.8, 4) is 16.9 Å². The summed E-state index contributed by atoms with van der Waals surface area (Å²) in [6.45, 7) is 6.66. The van der Waals surface area contributed by atoms with Gasteiger partial charge in [0.1, 0.15) is 0 Å². The van der Waals surface area contributed by atoms with Gasteiger partial charge < -0.3 is 9.47 Å². The highest BCUT2D eigenvalue weighted by atomic mass is 19.2. The van der Waals surface area contributed by atoms with Gasteiger partial charge in [-0.25, -0.2) is 13.2 Å². The molecule has 0 amide bonds. The average Bonchev–Trinajstić information content (AvgIpc) is 2.91. The third-order valence-electron chi connectivity index (χ3n) is 6.85. The summed E-state index contributed by atoms with van der Waals surface area (Å²) in [5, 5.41) is 0. The first-order valence-electron chi connectivity index (χ1n) is 12.9. The molecule has 2 nitrogen and oxygen atoms in total. The molecular weight excluding hydrogens is 473 g/mol. The Morgan fingerprint density at radius 1 is 0.865 bits per heavy atom. The molecule has 1 aliphatic rings. The number of halogens is 3. The van der Waals surface area contributed by atoms with Gasteiger partial charge in [-0.15, -0.1) is 6.58 Å². The van der Waals surface area contributed by atoms with E-state index >= 15 is 8.78 Å². The number of rotatable bonds is 10. The van der Waals surface area contributed by atoms with Crippen molar-refractivity contribution in [2.75, 3.05) is 13.2 Å². The van der Waals surface area contributed by atoms with Crippen LogP contribution in [-0.4, -0.2) is 19.3 Å². The van der Waals surface area contributed by atoms with Crippen LogP contribution in [0.1, 0.15) is 61.6 Å². The molecule has 0 aromatic heterocycles. The number of hydrogen-bond donors (Lipinski definition) is 0. The molecule has 194 valence electrons. The highest BCUT2D eigenvalue weighted by Crippen LogP contribution is 2.38. The maximum Gasteiger partial charge on any atom is 0.166 e. The first kappa shape index (κ1) is 26.7. The summed E-state index contributed by atoms with van der Waals surface area (Å²) in [6, 6.07) is 15.4. The molecule has 1 aliphatic carbocycles. The Bertz CT molecular complexity index is 1230. The van der Waals surface area contributed by atoms with Crippen molar-refractivity contribution in [1.82, 2.24) is 0 Å². The first-order chi connectivity index (χ1) is 18.0. The summed E-state index contributed by atoms with van der Waals surface area (Å²) in [7, 11) is 0. The molecule has 0 bridgehead atoms. The molecule has 0 N–H and O–H groups in total. The van der Waals surface area contributed by atoms with Crippen molar-refractivity contribution in [3.63, 3.8) is 0 Å². The van der Waals surface area contributed by atoms with Crippen LogP contribution in [0.2, 0.25) is 0 Å². The van der Waals surface area contributed by atoms with E-state index in [2.05, 4.69) is 6.58 Å². The van der Waals surface area contributed by atoms with E-state index in [1.807, 2.05) is 25.1 Å². The smallest absolute Gasteiger partial charge is 0.166 e. The average molecular weight is 507 g/mol. The fraction of sp³-hybridized carbons (Fsp3) is 0.312. The third-order valence-corrected chi connectivity index (χ3v) is 6.85. The molecule has 0 aliphatic heterocycles. The Kier molecular flexibility index (Phi) is 9.24. The monoisotopic (exact) mass is 506 g/mol. The molecule has 0 unspecified atom stereocenters. The van der Waals surface area contributed by atoms with Crippen LogP contribution in [0.25, 0.3) is 23.3 Å². The summed E-state index contributed by atoms with van der Waals surface area (Å²) in [5.41, 5.74) is 2.86. The summed E-state index contributed by atoms with van der Waals surface area (Å²) < 4.78 is 55.4. The number of benzene rings is 3. The lowest BCUT2D eigenvalue weighted by molar-refractivity contribution is 0.0325. The van der Waals surface area contributed by atoms with E-state index in [0.717, 1.165) is 31.2 Å². The molecule has 37 heavy (non-hydrogen) atoms. The molecule has 1 fully saturated rings. The van der Waals surface area contributed by atoms with Crippen molar-refractivity contribution in [1.29, 1.82) is 0 Å². The lowest BCUT2D eigenvalue weighted by atomic mass is 9.82. The highest BCUT2D eigenvalue weighted by molar-refractivity contribution is 5.72. The van der Waals surface area contributed by atoms with Gasteiger partial charge in [0.05, 0.1) is 12.7 Å². The number of ether oxygens (including phenoxy) is 2. The van der Waals surface area contributed by atoms with Crippen LogP contribution in [0.4, 0.5) is 13.2 Å². The fourth-order valence-corrected chi connectivity index (χ4v) is 4.84. The Hall–Kier alpha value is -3.31. The molecule has 4 rings (SSSR count). The van der Waals surface area contributed by atoms with Gasteiger partial charge in [-0.2, -0.15) is 0 Å². The standard InChI is InChI=1S/C32H33F3O2/c1-3-5-20-37-30-19-10-23(21-29(30)33)7-6-22-8-11-24(12-9-22)27-17-18-28(32(35)31(27)34)25-13-15-26(16-14-25)36-4-2/h3,6-12,17-19,21,25-26H,1,4-5,13-16,20H2,2H3/b7-6+. The van der Waals surface area contributed by atoms with Gasteiger partial charge in [-0.1, -0.05) is 60.7 Å². The van der Waals surface area contributed by atoms with E-state index < -0.39 is 17.5 Å². The van der Waals surface area contributed by atoms with Gasteiger partial charge in [0.25, 0.3) is 0 Å². The van der Waals surface area contributed by atoms with Crippen LogP contribution in [0.5, 0.6) is 5.75 Å². The van der Waals surface area contributed by atoms with E-state index in [4.69, 9.17) is 9.47 Å². The molecule has 0 radical (unpaired) electrons. The lowest BCUT2D eigenvalue weighted by Gasteiger charge is -2.29. The Labute approximate surface area is 217 Å². The Morgan fingerprint density at radius 3 is 2.24 bits per heavy atom. The van der Waals surface area contributed by atoms with Crippen molar-refractivity contribution >= 4 is 12.2 Å². The minimum Gasteiger partial charge on any atom is -0.490 e. The van der Waals surface area contributed by atoms with E-state index in [1.165, 1.54) is 6.07 Å². The predicted octanol–water partition coefficient (Wildman–Crippen LogP) is 8.96. The van der Waals surface area contributed by atoms with Crippen molar-refractivity contribution in [2.45, 2.75) is 51.0 Å².